The number of carbonyl (C=O) groups excluding carboxylic acids is 1. The molecule has 0 aliphatic carbocycles. The van der Waals surface area contributed by atoms with Gasteiger partial charge in [0.2, 0.25) is 5.91 Å². The lowest BCUT2D eigenvalue weighted by Crippen LogP contribution is -2.44. The van der Waals surface area contributed by atoms with Gasteiger partial charge in [0, 0.05) is 6.08 Å². The van der Waals surface area contributed by atoms with Crippen molar-refractivity contribution < 1.29 is 14.7 Å². The van der Waals surface area contributed by atoms with Crippen LogP contribution in [0.25, 0.3) is 6.08 Å². The molecule has 2 atom stereocenters. The number of hydrogen-bond donors (Lipinski definition) is 2. The number of rotatable bonds is 6. The number of benzene rings is 1. The Labute approximate surface area is 125 Å². The van der Waals surface area contributed by atoms with Gasteiger partial charge < -0.3 is 10.4 Å². The fraction of sp³-hybridized carbons (Fsp3) is 0.412. The van der Waals surface area contributed by atoms with E-state index in [-0.39, 0.29) is 11.8 Å². The Kier molecular flexibility index (Phi) is 6.15. The first-order valence-electron chi connectivity index (χ1n) is 7.13. The second kappa shape index (κ2) is 7.62. The molecule has 0 heterocycles. The first-order valence-corrected chi connectivity index (χ1v) is 7.13. The highest BCUT2D eigenvalue weighted by Crippen LogP contribution is 2.12. The van der Waals surface area contributed by atoms with Crippen LogP contribution in [0.1, 0.15) is 37.0 Å². The summed E-state index contributed by atoms with van der Waals surface area (Å²) in [5.41, 5.74) is 3.19. The van der Waals surface area contributed by atoms with Crippen LogP contribution >= 0.6 is 0 Å². The van der Waals surface area contributed by atoms with E-state index in [1.807, 2.05) is 45.9 Å². The largest absolute Gasteiger partial charge is 0.480 e. The number of aryl methyl sites for hydroxylation is 2. The molecular formula is C17H23NO3. The van der Waals surface area contributed by atoms with Crippen LogP contribution < -0.4 is 5.32 Å². The smallest absolute Gasteiger partial charge is 0.326 e. The summed E-state index contributed by atoms with van der Waals surface area (Å²) in [6.07, 6.45) is 3.79. The summed E-state index contributed by atoms with van der Waals surface area (Å²) < 4.78 is 0. The Morgan fingerprint density at radius 2 is 2.00 bits per heavy atom. The van der Waals surface area contributed by atoms with Crippen molar-refractivity contribution >= 4 is 18.0 Å². The van der Waals surface area contributed by atoms with E-state index >= 15 is 0 Å². The topological polar surface area (TPSA) is 66.4 Å². The summed E-state index contributed by atoms with van der Waals surface area (Å²) in [5.74, 6) is -1.50. The predicted octanol–water partition coefficient (Wildman–Crippen LogP) is 2.93. The fourth-order valence-electron chi connectivity index (χ4n) is 2.06. The van der Waals surface area contributed by atoms with Crippen LogP contribution in [0.5, 0.6) is 0 Å². The number of aliphatic carboxylic acids is 1. The Balaban J connectivity index is 2.76. The maximum absolute atomic E-state index is 11.9. The van der Waals surface area contributed by atoms with Crippen LogP contribution in [0.3, 0.4) is 0 Å². The zero-order valence-corrected chi connectivity index (χ0v) is 13.0. The van der Waals surface area contributed by atoms with Crippen LogP contribution in [0.4, 0.5) is 0 Å². The van der Waals surface area contributed by atoms with Crippen molar-refractivity contribution in [2.75, 3.05) is 0 Å². The maximum Gasteiger partial charge on any atom is 0.326 e. The minimum absolute atomic E-state index is 0.110. The zero-order valence-electron chi connectivity index (χ0n) is 13.0. The molecule has 1 unspecified atom stereocenters. The lowest BCUT2D eigenvalue weighted by Gasteiger charge is -2.19. The molecule has 0 bridgehead atoms. The molecule has 0 saturated heterocycles. The molecule has 4 nitrogen and oxygen atoms in total. The molecule has 0 saturated carbocycles. The highest BCUT2D eigenvalue weighted by molar-refractivity contribution is 5.94. The Hall–Kier alpha value is -2.10. The van der Waals surface area contributed by atoms with Crippen molar-refractivity contribution in [3.05, 3.63) is 41.0 Å². The van der Waals surface area contributed by atoms with E-state index in [2.05, 4.69) is 5.32 Å². The number of amides is 1. The molecular weight excluding hydrogens is 266 g/mol. The second-order valence-electron chi connectivity index (χ2n) is 5.40. The van der Waals surface area contributed by atoms with Crippen molar-refractivity contribution in [2.45, 2.75) is 40.2 Å². The van der Waals surface area contributed by atoms with Gasteiger partial charge in [-0.05, 0) is 37.0 Å². The van der Waals surface area contributed by atoms with Gasteiger partial charge in [-0.3, -0.25) is 4.79 Å². The molecule has 1 amide bonds. The van der Waals surface area contributed by atoms with Crippen molar-refractivity contribution in [1.82, 2.24) is 5.32 Å². The summed E-state index contributed by atoms with van der Waals surface area (Å²) in [6.45, 7) is 7.70. The number of carbonyl (C=O) groups is 2. The molecule has 0 aromatic heterocycles. The molecule has 4 heteroatoms. The molecule has 114 valence electrons. The minimum atomic E-state index is -1.00. The normalized spacial score (nSPS) is 13.9. The average molecular weight is 289 g/mol. The number of carboxylic acid groups (broad SMARTS) is 1. The van der Waals surface area contributed by atoms with Crippen LogP contribution in [-0.4, -0.2) is 23.0 Å². The second-order valence-corrected chi connectivity index (χ2v) is 5.40. The van der Waals surface area contributed by atoms with E-state index in [4.69, 9.17) is 5.11 Å². The third-order valence-electron chi connectivity index (χ3n) is 3.62. The van der Waals surface area contributed by atoms with E-state index in [1.165, 1.54) is 6.08 Å². The molecule has 0 spiro atoms. The summed E-state index contributed by atoms with van der Waals surface area (Å²) >= 11 is 0. The molecule has 1 rings (SSSR count). The lowest BCUT2D eigenvalue weighted by molar-refractivity contribution is -0.142. The first kappa shape index (κ1) is 17.0. The predicted molar refractivity (Wildman–Crippen MR) is 84.0 cm³/mol. The highest BCUT2D eigenvalue weighted by atomic mass is 16.4. The monoisotopic (exact) mass is 289 g/mol. The van der Waals surface area contributed by atoms with Crippen molar-refractivity contribution in [3.63, 3.8) is 0 Å². The Bertz CT molecular complexity index is 549. The number of carboxylic acids is 1. The summed E-state index contributed by atoms with van der Waals surface area (Å²) in [5, 5.41) is 11.7. The number of hydrogen-bond acceptors (Lipinski definition) is 2. The van der Waals surface area contributed by atoms with Gasteiger partial charge in [0.15, 0.2) is 0 Å². The van der Waals surface area contributed by atoms with Gasteiger partial charge in [-0.15, -0.1) is 0 Å². The molecule has 2 N–H and O–H groups in total. The molecule has 0 aliphatic heterocycles. The summed E-state index contributed by atoms with van der Waals surface area (Å²) in [4.78, 5) is 23.0. The molecule has 0 fully saturated rings. The van der Waals surface area contributed by atoms with Crippen molar-refractivity contribution in [1.29, 1.82) is 0 Å². The van der Waals surface area contributed by atoms with Crippen LogP contribution in [-0.2, 0) is 9.59 Å². The maximum atomic E-state index is 11.9. The Morgan fingerprint density at radius 3 is 2.52 bits per heavy atom. The highest BCUT2D eigenvalue weighted by Gasteiger charge is 2.24. The van der Waals surface area contributed by atoms with Gasteiger partial charge in [0.25, 0.3) is 0 Å². The van der Waals surface area contributed by atoms with Crippen LogP contribution in [0.15, 0.2) is 24.3 Å². The van der Waals surface area contributed by atoms with Crippen LogP contribution in [0, 0.1) is 19.8 Å². The molecule has 1 aromatic rings. The lowest BCUT2D eigenvalue weighted by atomic mass is 9.99. The molecule has 21 heavy (non-hydrogen) atoms. The van der Waals surface area contributed by atoms with E-state index in [0.29, 0.717) is 6.42 Å². The van der Waals surface area contributed by atoms with Crippen LogP contribution in [0.2, 0.25) is 0 Å². The standard InChI is InChI=1S/C17H23NO3/c1-5-12(3)16(17(20)21)18-15(19)9-8-14-7-6-11(2)10-13(14)4/h6-10,12,16H,5H2,1-4H3,(H,18,19)(H,20,21)/b9-8+/t12?,16-/m0/s1. The van der Waals surface area contributed by atoms with Crippen molar-refractivity contribution in [2.24, 2.45) is 5.92 Å². The van der Waals surface area contributed by atoms with E-state index in [9.17, 15) is 9.59 Å². The van der Waals surface area contributed by atoms with Gasteiger partial charge in [0.1, 0.15) is 6.04 Å². The van der Waals surface area contributed by atoms with Gasteiger partial charge in [-0.25, -0.2) is 4.79 Å². The quantitative estimate of drug-likeness (QED) is 0.791. The summed E-state index contributed by atoms with van der Waals surface area (Å²) in [6, 6.07) is 5.10. The van der Waals surface area contributed by atoms with Gasteiger partial charge >= 0.3 is 5.97 Å². The average Bonchev–Trinajstić information content (AvgIpc) is 2.42. The Morgan fingerprint density at radius 1 is 1.33 bits per heavy atom. The SMILES string of the molecule is CCC(C)[C@H](NC(=O)/C=C/c1ccc(C)cc1C)C(=O)O. The van der Waals surface area contributed by atoms with E-state index in [0.717, 1.165) is 16.7 Å². The third-order valence-corrected chi connectivity index (χ3v) is 3.62. The third kappa shape index (κ3) is 5.06. The number of nitrogens with one attached hydrogen (secondary N) is 1. The minimum Gasteiger partial charge on any atom is -0.480 e. The van der Waals surface area contributed by atoms with Crippen molar-refractivity contribution in [3.8, 4) is 0 Å². The summed E-state index contributed by atoms with van der Waals surface area (Å²) in [7, 11) is 0. The zero-order chi connectivity index (χ0) is 16.0. The fourth-order valence-corrected chi connectivity index (χ4v) is 2.06. The van der Waals surface area contributed by atoms with Gasteiger partial charge in [0.05, 0.1) is 0 Å². The molecule has 1 aromatic carbocycles. The molecule has 0 radical (unpaired) electrons. The van der Waals surface area contributed by atoms with Gasteiger partial charge in [-0.1, -0.05) is 44.0 Å². The molecule has 0 aliphatic rings. The first-order chi connectivity index (χ1) is 9.85. The van der Waals surface area contributed by atoms with E-state index in [1.54, 1.807) is 6.08 Å². The van der Waals surface area contributed by atoms with Gasteiger partial charge in [-0.2, -0.15) is 0 Å². The van der Waals surface area contributed by atoms with E-state index < -0.39 is 12.0 Å².